The van der Waals surface area contributed by atoms with Crippen molar-refractivity contribution in [2.75, 3.05) is 0 Å². The normalized spacial score (nSPS) is 44.2. The molecule has 0 bridgehead atoms. The average molecular weight is 271 g/mol. The molecule has 0 aromatic heterocycles. The molecule has 4 heteroatoms. The number of alkyl halides is 2. The number of nitrogens with two attached hydrogens (primary N) is 2. The Kier molecular flexibility index (Phi) is 3.50. The molecule has 0 fully saturated rings. The molecule has 17 heavy (non-hydrogen) atoms. The SMILES string of the molecule is NC1(CC2(N)C=CC=CC2Cl)C=CC=CC1Cl. The first-order valence-corrected chi connectivity index (χ1v) is 6.42. The summed E-state index contributed by atoms with van der Waals surface area (Å²) in [4.78, 5) is 0. The third kappa shape index (κ3) is 2.50. The quantitative estimate of drug-likeness (QED) is 0.757. The maximum absolute atomic E-state index is 6.31. The van der Waals surface area contributed by atoms with Crippen molar-refractivity contribution in [1.82, 2.24) is 0 Å². The summed E-state index contributed by atoms with van der Waals surface area (Å²) in [5.41, 5.74) is 11.3. The van der Waals surface area contributed by atoms with Crippen LogP contribution < -0.4 is 11.5 Å². The zero-order valence-electron chi connectivity index (χ0n) is 9.39. The molecule has 0 saturated heterocycles. The van der Waals surface area contributed by atoms with Gasteiger partial charge in [0.05, 0.1) is 21.8 Å². The van der Waals surface area contributed by atoms with E-state index in [9.17, 15) is 0 Å². The molecule has 2 rings (SSSR count). The fourth-order valence-corrected chi connectivity index (χ4v) is 2.65. The van der Waals surface area contributed by atoms with Crippen LogP contribution in [0.2, 0.25) is 0 Å². The Hall–Kier alpha value is -0.540. The summed E-state index contributed by atoms with van der Waals surface area (Å²) in [6.45, 7) is 0. The lowest BCUT2D eigenvalue weighted by molar-refractivity contribution is 0.375. The molecule has 4 unspecified atom stereocenters. The van der Waals surface area contributed by atoms with Crippen molar-refractivity contribution in [2.45, 2.75) is 28.3 Å². The lowest BCUT2D eigenvalue weighted by atomic mass is 9.76. The van der Waals surface area contributed by atoms with Crippen LogP contribution in [0.3, 0.4) is 0 Å². The van der Waals surface area contributed by atoms with Gasteiger partial charge in [-0.25, -0.2) is 0 Å². The molecule has 0 spiro atoms. The van der Waals surface area contributed by atoms with Crippen LogP contribution in [0.4, 0.5) is 0 Å². The lowest BCUT2D eigenvalue weighted by Crippen LogP contribution is -2.58. The van der Waals surface area contributed by atoms with Crippen LogP contribution in [0.1, 0.15) is 6.42 Å². The predicted octanol–water partition coefficient (Wildman–Crippen LogP) is 2.24. The van der Waals surface area contributed by atoms with Crippen LogP contribution in [-0.4, -0.2) is 21.8 Å². The smallest absolute Gasteiger partial charge is 0.0735 e. The third-order valence-electron chi connectivity index (χ3n) is 3.23. The van der Waals surface area contributed by atoms with Gasteiger partial charge in [-0.2, -0.15) is 0 Å². The summed E-state index contributed by atoms with van der Waals surface area (Å²) in [6, 6.07) is 0. The first kappa shape index (κ1) is 12.9. The van der Waals surface area contributed by atoms with Crippen LogP contribution >= 0.6 is 23.2 Å². The van der Waals surface area contributed by atoms with Crippen molar-refractivity contribution in [1.29, 1.82) is 0 Å². The van der Waals surface area contributed by atoms with E-state index >= 15 is 0 Å². The molecule has 0 radical (unpaired) electrons. The molecule has 2 nitrogen and oxygen atoms in total. The van der Waals surface area contributed by atoms with Crippen LogP contribution in [0.25, 0.3) is 0 Å². The molecule has 2 aliphatic carbocycles. The zero-order chi connectivity index (χ0) is 12.5. The monoisotopic (exact) mass is 270 g/mol. The average Bonchev–Trinajstić information content (AvgIpc) is 2.27. The molecule has 4 N–H and O–H groups in total. The van der Waals surface area contributed by atoms with Gasteiger partial charge in [-0.3, -0.25) is 0 Å². The summed E-state index contributed by atoms with van der Waals surface area (Å²) in [5, 5.41) is -0.535. The van der Waals surface area contributed by atoms with Gasteiger partial charge in [0.15, 0.2) is 0 Å². The number of rotatable bonds is 2. The molecule has 0 saturated carbocycles. The van der Waals surface area contributed by atoms with Gasteiger partial charge in [0, 0.05) is 0 Å². The number of halogens is 2. The molecule has 2 aliphatic rings. The zero-order valence-corrected chi connectivity index (χ0v) is 10.9. The van der Waals surface area contributed by atoms with Gasteiger partial charge >= 0.3 is 0 Å². The summed E-state index contributed by atoms with van der Waals surface area (Å²) >= 11 is 12.5. The van der Waals surface area contributed by atoms with Gasteiger partial charge in [0.2, 0.25) is 0 Å². The van der Waals surface area contributed by atoms with Crippen molar-refractivity contribution in [2.24, 2.45) is 11.5 Å². The van der Waals surface area contributed by atoms with Gasteiger partial charge in [0.25, 0.3) is 0 Å². The standard InChI is InChI=1S/C13H16Cl2N2/c14-10-5-1-3-7-12(10,16)9-13(17)8-4-2-6-11(13)15/h1-8,10-11H,9,16-17H2. The van der Waals surface area contributed by atoms with E-state index in [1.165, 1.54) is 0 Å². The van der Waals surface area contributed by atoms with E-state index in [-0.39, 0.29) is 10.8 Å². The highest BCUT2D eigenvalue weighted by Gasteiger charge is 2.41. The van der Waals surface area contributed by atoms with Gasteiger partial charge in [-0.05, 0) is 6.42 Å². The molecule has 0 aliphatic heterocycles. The second kappa shape index (κ2) is 4.62. The topological polar surface area (TPSA) is 52.0 Å². The summed E-state index contributed by atoms with van der Waals surface area (Å²) in [7, 11) is 0. The molecule has 92 valence electrons. The number of hydrogen-bond donors (Lipinski definition) is 2. The molecule has 0 aromatic carbocycles. The van der Waals surface area contributed by atoms with E-state index < -0.39 is 11.1 Å². The summed E-state index contributed by atoms with van der Waals surface area (Å²) < 4.78 is 0. The molecular formula is C13H16Cl2N2. The van der Waals surface area contributed by atoms with Crippen LogP contribution in [0.15, 0.2) is 48.6 Å². The van der Waals surface area contributed by atoms with E-state index in [4.69, 9.17) is 34.7 Å². The number of hydrogen-bond acceptors (Lipinski definition) is 2. The Morgan fingerprint density at radius 3 is 1.59 bits per heavy atom. The first-order chi connectivity index (χ1) is 7.96. The van der Waals surface area contributed by atoms with Crippen molar-refractivity contribution in [3.63, 3.8) is 0 Å². The van der Waals surface area contributed by atoms with E-state index in [1.807, 2.05) is 48.6 Å². The van der Waals surface area contributed by atoms with Gasteiger partial charge in [0.1, 0.15) is 0 Å². The number of allylic oxidation sites excluding steroid dienone is 4. The minimum Gasteiger partial charge on any atom is -0.320 e. The minimum absolute atomic E-state index is 0.268. The Balaban J connectivity index is 2.20. The summed E-state index contributed by atoms with van der Waals surface area (Å²) in [5.74, 6) is 0. The molecule has 0 heterocycles. The molecule has 0 aromatic rings. The van der Waals surface area contributed by atoms with Gasteiger partial charge in [-0.15, -0.1) is 23.2 Å². The highest BCUT2D eigenvalue weighted by atomic mass is 35.5. The minimum atomic E-state index is -0.659. The van der Waals surface area contributed by atoms with E-state index in [2.05, 4.69) is 0 Å². The Bertz CT molecular complexity index is 376. The highest BCUT2D eigenvalue weighted by Crippen LogP contribution is 2.34. The Labute approximate surface area is 112 Å². The summed E-state index contributed by atoms with van der Waals surface area (Å²) in [6.07, 6.45) is 15.6. The molecule has 4 atom stereocenters. The largest absolute Gasteiger partial charge is 0.320 e. The highest BCUT2D eigenvalue weighted by molar-refractivity contribution is 6.23. The predicted molar refractivity (Wildman–Crippen MR) is 74.3 cm³/mol. The van der Waals surface area contributed by atoms with E-state index in [1.54, 1.807) is 0 Å². The van der Waals surface area contributed by atoms with Crippen LogP contribution in [0, 0.1) is 0 Å². The van der Waals surface area contributed by atoms with Crippen LogP contribution in [0.5, 0.6) is 0 Å². The lowest BCUT2D eigenvalue weighted by Gasteiger charge is -2.41. The van der Waals surface area contributed by atoms with Crippen LogP contribution in [-0.2, 0) is 0 Å². The second-order valence-electron chi connectivity index (χ2n) is 4.69. The second-order valence-corrected chi connectivity index (χ2v) is 5.63. The maximum Gasteiger partial charge on any atom is 0.0735 e. The van der Waals surface area contributed by atoms with Gasteiger partial charge < -0.3 is 11.5 Å². The van der Waals surface area contributed by atoms with Crippen molar-refractivity contribution in [3.05, 3.63) is 48.6 Å². The fraction of sp³-hybridized carbons (Fsp3) is 0.385. The van der Waals surface area contributed by atoms with E-state index in [0.717, 1.165) is 0 Å². The Morgan fingerprint density at radius 1 is 0.824 bits per heavy atom. The first-order valence-electron chi connectivity index (χ1n) is 5.54. The third-order valence-corrected chi connectivity index (χ3v) is 4.34. The fourth-order valence-electron chi connectivity index (χ4n) is 2.18. The Morgan fingerprint density at radius 2 is 1.24 bits per heavy atom. The molecular weight excluding hydrogens is 255 g/mol. The van der Waals surface area contributed by atoms with Crippen molar-refractivity contribution >= 4 is 23.2 Å². The van der Waals surface area contributed by atoms with Crippen molar-refractivity contribution < 1.29 is 0 Å². The van der Waals surface area contributed by atoms with E-state index in [0.29, 0.717) is 6.42 Å². The maximum atomic E-state index is 6.31. The van der Waals surface area contributed by atoms with Crippen molar-refractivity contribution in [3.8, 4) is 0 Å². The molecule has 0 amide bonds. The van der Waals surface area contributed by atoms with Gasteiger partial charge in [-0.1, -0.05) is 48.6 Å².